The first kappa shape index (κ1) is 21.1. The number of benzene rings is 3. The molecule has 0 aromatic heterocycles. The van der Waals surface area contributed by atoms with Crippen LogP contribution in [-0.4, -0.2) is 23.9 Å². The number of piperidine rings is 1. The molecular weight excluding hydrogens is 406 g/mol. The maximum Gasteiger partial charge on any atom is 0.260 e. The average molecular weight is 427 g/mol. The molecule has 3 aromatic rings. The SMILES string of the molecule is O=C(c1c(F)c(F)cc(F)c1F)N1CCC(Cc2ccc(-c3ccccc3)cc2)CC1. The van der Waals surface area contributed by atoms with Gasteiger partial charge in [0.15, 0.2) is 23.3 Å². The fourth-order valence-corrected chi connectivity index (χ4v) is 4.06. The molecule has 6 heteroatoms. The molecule has 3 aromatic carbocycles. The molecule has 0 unspecified atom stereocenters. The summed E-state index contributed by atoms with van der Waals surface area (Å²) in [5, 5.41) is 0. The lowest BCUT2D eigenvalue weighted by atomic mass is 9.89. The summed E-state index contributed by atoms with van der Waals surface area (Å²) in [7, 11) is 0. The molecule has 0 radical (unpaired) electrons. The second-order valence-electron chi connectivity index (χ2n) is 7.85. The fourth-order valence-electron chi connectivity index (χ4n) is 4.06. The second kappa shape index (κ2) is 8.92. The largest absolute Gasteiger partial charge is 0.338 e. The van der Waals surface area contributed by atoms with E-state index in [1.165, 1.54) is 10.5 Å². The van der Waals surface area contributed by atoms with Crippen molar-refractivity contribution in [3.05, 3.63) is 95.1 Å². The van der Waals surface area contributed by atoms with Gasteiger partial charge in [-0.15, -0.1) is 0 Å². The number of likely N-dealkylation sites (tertiary alicyclic amines) is 1. The first-order valence-electron chi connectivity index (χ1n) is 10.2. The zero-order chi connectivity index (χ0) is 22.0. The summed E-state index contributed by atoms with van der Waals surface area (Å²) >= 11 is 0. The number of nitrogens with zero attached hydrogens (tertiary/aromatic N) is 1. The van der Waals surface area contributed by atoms with Crippen molar-refractivity contribution in [2.24, 2.45) is 5.92 Å². The van der Waals surface area contributed by atoms with Crippen LogP contribution in [0.2, 0.25) is 0 Å². The van der Waals surface area contributed by atoms with Gasteiger partial charge in [-0.3, -0.25) is 4.79 Å². The summed E-state index contributed by atoms with van der Waals surface area (Å²) in [5.41, 5.74) is 2.30. The zero-order valence-electron chi connectivity index (χ0n) is 16.8. The molecule has 2 nitrogen and oxygen atoms in total. The van der Waals surface area contributed by atoms with E-state index >= 15 is 0 Å². The third-order valence-electron chi connectivity index (χ3n) is 5.81. The highest BCUT2D eigenvalue weighted by atomic mass is 19.2. The van der Waals surface area contributed by atoms with Gasteiger partial charge in [0.1, 0.15) is 5.56 Å². The lowest BCUT2D eigenvalue weighted by Gasteiger charge is -2.32. The third-order valence-corrected chi connectivity index (χ3v) is 5.81. The summed E-state index contributed by atoms with van der Waals surface area (Å²) in [4.78, 5) is 13.8. The molecule has 4 rings (SSSR count). The van der Waals surface area contributed by atoms with Crippen LogP contribution in [0.15, 0.2) is 60.7 Å². The highest BCUT2D eigenvalue weighted by molar-refractivity contribution is 5.95. The smallest absolute Gasteiger partial charge is 0.260 e. The molecule has 1 saturated heterocycles. The van der Waals surface area contributed by atoms with Gasteiger partial charge in [-0.05, 0) is 41.9 Å². The van der Waals surface area contributed by atoms with E-state index in [0.29, 0.717) is 18.8 Å². The van der Waals surface area contributed by atoms with Crippen molar-refractivity contribution < 1.29 is 22.4 Å². The van der Waals surface area contributed by atoms with Crippen LogP contribution >= 0.6 is 0 Å². The van der Waals surface area contributed by atoms with Crippen molar-refractivity contribution in [3.63, 3.8) is 0 Å². The first-order valence-corrected chi connectivity index (χ1v) is 10.2. The van der Waals surface area contributed by atoms with E-state index in [0.717, 1.165) is 17.5 Å². The number of hydrogen-bond acceptors (Lipinski definition) is 1. The summed E-state index contributed by atoms with van der Waals surface area (Å²) in [6.07, 6.45) is 2.12. The van der Waals surface area contributed by atoms with Crippen LogP contribution in [0.4, 0.5) is 17.6 Å². The molecule has 1 aliphatic rings. The summed E-state index contributed by atoms with van der Waals surface area (Å²) in [5.74, 6) is -7.15. The Morgan fingerprint density at radius 3 is 1.94 bits per heavy atom. The van der Waals surface area contributed by atoms with Crippen molar-refractivity contribution >= 4 is 5.91 Å². The standard InChI is InChI=1S/C25H21F4NO/c26-20-15-21(27)24(29)22(23(20)28)25(31)30-12-10-17(11-13-30)14-16-6-8-19(9-7-16)18-4-2-1-3-5-18/h1-9,15,17H,10-14H2. The van der Waals surface area contributed by atoms with Crippen molar-refractivity contribution in [1.29, 1.82) is 0 Å². The minimum absolute atomic E-state index is 0.108. The Bertz CT molecular complexity index is 1050. The van der Waals surface area contributed by atoms with E-state index in [1.807, 2.05) is 18.2 Å². The topological polar surface area (TPSA) is 20.3 Å². The minimum Gasteiger partial charge on any atom is -0.338 e. The molecule has 1 amide bonds. The summed E-state index contributed by atoms with van der Waals surface area (Å²) in [6.45, 7) is 0.561. The van der Waals surface area contributed by atoms with Crippen LogP contribution in [-0.2, 0) is 6.42 Å². The van der Waals surface area contributed by atoms with Crippen molar-refractivity contribution in [2.45, 2.75) is 19.3 Å². The van der Waals surface area contributed by atoms with Crippen LogP contribution in [0.3, 0.4) is 0 Å². The number of amides is 1. The van der Waals surface area contributed by atoms with Gasteiger partial charge in [0.25, 0.3) is 5.91 Å². The molecule has 1 heterocycles. The number of halogens is 4. The maximum absolute atomic E-state index is 13.9. The lowest BCUT2D eigenvalue weighted by Crippen LogP contribution is -2.40. The molecule has 0 aliphatic carbocycles. The van der Waals surface area contributed by atoms with Gasteiger partial charge >= 0.3 is 0 Å². The number of carbonyl (C=O) groups excluding carboxylic acids is 1. The van der Waals surface area contributed by atoms with Crippen LogP contribution < -0.4 is 0 Å². The third kappa shape index (κ3) is 4.48. The molecule has 1 aliphatic heterocycles. The van der Waals surface area contributed by atoms with Crippen LogP contribution in [0, 0.1) is 29.2 Å². The Balaban J connectivity index is 1.38. The van der Waals surface area contributed by atoms with Crippen LogP contribution in [0.25, 0.3) is 11.1 Å². The predicted octanol–water partition coefficient (Wildman–Crippen LogP) is 6.00. The molecular formula is C25H21F4NO. The van der Waals surface area contributed by atoms with Gasteiger partial charge in [-0.25, -0.2) is 17.6 Å². The molecule has 1 fully saturated rings. The Kier molecular flexibility index (Phi) is 6.07. The van der Waals surface area contributed by atoms with Crippen LogP contribution in [0.5, 0.6) is 0 Å². The van der Waals surface area contributed by atoms with Gasteiger partial charge < -0.3 is 4.90 Å². The highest BCUT2D eigenvalue weighted by Crippen LogP contribution is 2.27. The van der Waals surface area contributed by atoms with Crippen molar-refractivity contribution in [2.75, 3.05) is 13.1 Å². The summed E-state index contributed by atoms with van der Waals surface area (Å²) in [6, 6.07) is 18.5. The molecule has 0 N–H and O–H groups in total. The van der Waals surface area contributed by atoms with E-state index in [9.17, 15) is 22.4 Å². The van der Waals surface area contributed by atoms with Gasteiger partial charge in [-0.1, -0.05) is 54.6 Å². The van der Waals surface area contributed by atoms with Gasteiger partial charge in [-0.2, -0.15) is 0 Å². The van der Waals surface area contributed by atoms with E-state index < -0.39 is 34.7 Å². The second-order valence-corrected chi connectivity index (χ2v) is 7.85. The molecule has 31 heavy (non-hydrogen) atoms. The van der Waals surface area contributed by atoms with Gasteiger partial charge in [0.05, 0.1) is 0 Å². The quantitative estimate of drug-likeness (QED) is 0.369. The molecule has 0 spiro atoms. The van der Waals surface area contributed by atoms with Crippen molar-refractivity contribution in [1.82, 2.24) is 4.90 Å². The van der Waals surface area contributed by atoms with E-state index in [2.05, 4.69) is 36.4 Å². The number of carbonyl (C=O) groups is 1. The van der Waals surface area contributed by atoms with Crippen molar-refractivity contribution in [3.8, 4) is 11.1 Å². The Morgan fingerprint density at radius 1 is 0.806 bits per heavy atom. The fraction of sp³-hybridized carbons (Fsp3) is 0.240. The lowest BCUT2D eigenvalue weighted by molar-refractivity contribution is 0.0678. The van der Waals surface area contributed by atoms with Gasteiger partial charge in [0, 0.05) is 19.2 Å². The molecule has 0 saturated carbocycles. The number of rotatable bonds is 4. The number of hydrogen-bond donors (Lipinski definition) is 0. The molecule has 0 atom stereocenters. The Hall–Kier alpha value is -3.15. The van der Waals surface area contributed by atoms with E-state index in [1.54, 1.807) is 0 Å². The van der Waals surface area contributed by atoms with E-state index in [4.69, 9.17) is 0 Å². The minimum atomic E-state index is -1.65. The normalized spacial score (nSPS) is 14.6. The first-order chi connectivity index (χ1) is 14.9. The zero-order valence-corrected chi connectivity index (χ0v) is 16.8. The Morgan fingerprint density at radius 2 is 1.35 bits per heavy atom. The monoisotopic (exact) mass is 427 g/mol. The Labute approximate surface area is 178 Å². The summed E-state index contributed by atoms with van der Waals surface area (Å²) < 4.78 is 54.7. The molecule has 160 valence electrons. The van der Waals surface area contributed by atoms with Crippen LogP contribution in [0.1, 0.15) is 28.8 Å². The average Bonchev–Trinajstić information content (AvgIpc) is 2.79. The molecule has 0 bridgehead atoms. The highest BCUT2D eigenvalue weighted by Gasteiger charge is 2.30. The maximum atomic E-state index is 13.9. The predicted molar refractivity (Wildman–Crippen MR) is 110 cm³/mol. The van der Waals surface area contributed by atoms with Gasteiger partial charge in [0.2, 0.25) is 0 Å². The van der Waals surface area contributed by atoms with E-state index in [-0.39, 0.29) is 19.2 Å².